The number of hydrogen-bond donors (Lipinski definition) is 1. The lowest BCUT2D eigenvalue weighted by molar-refractivity contribution is 0.503. The molecule has 62 valence electrons. The predicted octanol–water partition coefficient (Wildman–Crippen LogP) is -0.464. The van der Waals surface area contributed by atoms with Crippen LogP contribution in [0.25, 0.3) is 0 Å². The highest BCUT2D eigenvalue weighted by Crippen LogP contribution is 1.89. The molecule has 1 atom stereocenters. The van der Waals surface area contributed by atoms with Crippen LogP contribution in [0.1, 0.15) is 0 Å². The quantitative estimate of drug-likeness (QED) is 0.444. The van der Waals surface area contributed by atoms with Gasteiger partial charge in [0, 0.05) is 8.44 Å². The molecule has 0 fully saturated rings. The van der Waals surface area contributed by atoms with Crippen LogP contribution in [0.2, 0.25) is 0 Å². The molecule has 0 amide bonds. The van der Waals surface area contributed by atoms with Crippen LogP contribution in [0, 0.1) is 0 Å². The van der Waals surface area contributed by atoms with E-state index < -0.39 is 9.74 Å². The van der Waals surface area contributed by atoms with E-state index >= 15 is 0 Å². The van der Waals surface area contributed by atoms with Gasteiger partial charge in [0.15, 0.2) is 0 Å². The van der Waals surface area contributed by atoms with Crippen molar-refractivity contribution in [1.82, 2.24) is 15.4 Å². The normalized spacial score (nSPS) is 9.64. The van der Waals surface area contributed by atoms with E-state index in [1.807, 2.05) is 0 Å². The highest BCUT2D eigenvalue weighted by Gasteiger charge is 1.81. The summed E-state index contributed by atoms with van der Waals surface area (Å²) >= 11 is 0. The van der Waals surface area contributed by atoms with Crippen molar-refractivity contribution in [1.29, 1.82) is 0 Å². The Bertz CT molecular complexity index is 240. The van der Waals surface area contributed by atoms with Crippen molar-refractivity contribution in [3.63, 3.8) is 0 Å². The third-order valence-corrected chi connectivity index (χ3v) is 0.409. The Morgan fingerprint density at radius 1 is 1.27 bits per heavy atom. The first-order chi connectivity index (χ1) is 5.00. The molecule has 0 saturated carbocycles. The van der Waals surface area contributed by atoms with Crippen LogP contribution < -0.4 is 0 Å². The number of rotatable bonds is 0. The van der Waals surface area contributed by atoms with E-state index in [1.165, 1.54) is 8.44 Å². The van der Waals surface area contributed by atoms with Gasteiger partial charge < -0.3 is 0 Å². The minimum absolute atomic E-state index is 1.24. The third kappa shape index (κ3) is 17.6. The summed E-state index contributed by atoms with van der Waals surface area (Å²) in [7, 11) is -2.51. The third-order valence-electron chi connectivity index (χ3n) is 0.409. The molecule has 6 nitrogen and oxygen atoms in total. The largest absolute Gasteiger partial charge is 0.283 e. The average molecular weight is 195 g/mol. The van der Waals surface area contributed by atoms with Crippen molar-refractivity contribution < 1.29 is 13.0 Å². The fraction of sp³-hybridized carbons (Fsp3) is 0. The molecule has 1 rings (SSSR count). The fourth-order valence-corrected chi connectivity index (χ4v) is 0.205. The summed E-state index contributed by atoms with van der Waals surface area (Å²) in [5, 5.41) is 10.1. The maximum atomic E-state index is 9.15. The molecular formula is C3H6N3O3PS. The first-order valence-electron chi connectivity index (χ1n) is 2.33. The van der Waals surface area contributed by atoms with Gasteiger partial charge in [-0.1, -0.05) is 0 Å². The van der Waals surface area contributed by atoms with Crippen molar-refractivity contribution in [2.24, 2.45) is 0 Å². The van der Waals surface area contributed by atoms with Crippen LogP contribution >= 0.6 is 8.44 Å². The van der Waals surface area contributed by atoms with Crippen LogP contribution in [0.4, 0.5) is 0 Å². The van der Waals surface area contributed by atoms with Gasteiger partial charge in [0.1, 0.15) is 0 Å². The van der Waals surface area contributed by atoms with E-state index in [0.717, 1.165) is 0 Å². The van der Waals surface area contributed by atoms with Crippen molar-refractivity contribution in [2.75, 3.05) is 0 Å². The highest BCUT2D eigenvalue weighted by molar-refractivity contribution is 8.34. The molecule has 11 heavy (non-hydrogen) atoms. The minimum Gasteiger partial charge on any atom is -0.283 e. The van der Waals surface area contributed by atoms with E-state index in [9.17, 15) is 0 Å². The summed E-state index contributed by atoms with van der Waals surface area (Å²) in [4.78, 5) is 0. The summed E-state index contributed by atoms with van der Waals surface area (Å²) in [6.07, 6.45) is 3.15. The zero-order valence-electron chi connectivity index (χ0n) is 5.32. The van der Waals surface area contributed by atoms with Gasteiger partial charge >= 0.3 is 0 Å². The summed E-state index contributed by atoms with van der Waals surface area (Å²) in [6, 6.07) is 1.72. The zero-order chi connectivity index (χ0) is 8.74. The van der Waals surface area contributed by atoms with E-state index in [-0.39, 0.29) is 0 Å². The summed E-state index contributed by atoms with van der Waals surface area (Å²) < 4.78 is 25.8. The van der Waals surface area contributed by atoms with Gasteiger partial charge in [0.25, 0.3) is 9.74 Å². The van der Waals surface area contributed by atoms with E-state index in [2.05, 4.69) is 15.4 Å². The Balaban J connectivity index is 0.000000187. The number of nitrogens with zero attached hydrogens (tertiary/aromatic N) is 3. The summed E-state index contributed by atoms with van der Waals surface area (Å²) in [6.45, 7) is 0. The molecular weight excluding hydrogens is 189 g/mol. The summed E-state index contributed by atoms with van der Waals surface area (Å²) in [5.41, 5.74) is 0. The van der Waals surface area contributed by atoms with Crippen LogP contribution in [0.3, 0.4) is 0 Å². The Hall–Kier alpha value is -0.650. The van der Waals surface area contributed by atoms with E-state index in [1.54, 1.807) is 18.5 Å². The maximum Gasteiger partial charge on any atom is 0.275 e. The molecule has 1 unspecified atom stereocenters. The molecule has 1 aromatic rings. The fourth-order valence-electron chi connectivity index (χ4n) is 0.205. The van der Waals surface area contributed by atoms with Gasteiger partial charge in [-0.05, 0) is 11.3 Å². The standard InChI is InChI=1S/C3H3N3.H3O3PS/c1-2-4-6-5-3-1;1-5(2,3)4/h1-3H;4H2,(H,1,2,3). The molecule has 1 heterocycles. The van der Waals surface area contributed by atoms with Gasteiger partial charge in [-0.2, -0.15) is 8.42 Å². The van der Waals surface area contributed by atoms with Gasteiger partial charge in [-0.25, -0.2) is 0 Å². The molecule has 0 aliphatic rings. The molecule has 0 spiro atoms. The van der Waals surface area contributed by atoms with Crippen LogP contribution in [-0.2, 0) is 9.74 Å². The summed E-state index contributed by atoms with van der Waals surface area (Å²) in [5.74, 6) is 0. The lowest BCUT2D eigenvalue weighted by atomic mass is 10.7. The zero-order valence-corrected chi connectivity index (χ0v) is 7.29. The second-order valence-corrected chi connectivity index (χ2v) is 4.14. The molecule has 0 bridgehead atoms. The van der Waals surface area contributed by atoms with Crippen LogP contribution in [-0.4, -0.2) is 28.4 Å². The molecule has 0 aromatic carbocycles. The monoisotopic (exact) mass is 195 g/mol. The Morgan fingerprint density at radius 2 is 1.64 bits per heavy atom. The second kappa shape index (κ2) is 5.06. The number of hydrogen-bond acceptors (Lipinski definition) is 5. The smallest absolute Gasteiger partial charge is 0.275 e. The highest BCUT2D eigenvalue weighted by atomic mass is 32.7. The molecule has 0 saturated heterocycles. The van der Waals surface area contributed by atoms with Gasteiger partial charge in [0.2, 0.25) is 0 Å². The van der Waals surface area contributed by atoms with Gasteiger partial charge in [-0.15, -0.1) is 10.2 Å². The molecule has 0 radical (unpaired) electrons. The molecule has 8 heteroatoms. The predicted molar refractivity (Wildman–Crippen MR) is 41.1 cm³/mol. The minimum atomic E-state index is -3.75. The van der Waals surface area contributed by atoms with Crippen molar-refractivity contribution in [2.45, 2.75) is 0 Å². The van der Waals surface area contributed by atoms with Gasteiger partial charge in [-0.3, -0.25) is 4.55 Å². The Labute approximate surface area is 65.7 Å². The SMILES string of the molecule is O=S(=O)(O)P.c1cnnnc1. The second-order valence-electron chi connectivity index (χ2n) is 1.33. The number of aromatic nitrogens is 3. The lowest BCUT2D eigenvalue weighted by Gasteiger charge is -1.69. The Kier molecular flexibility index (Phi) is 4.76. The molecule has 0 aliphatic heterocycles. The van der Waals surface area contributed by atoms with Crippen molar-refractivity contribution in [3.05, 3.63) is 18.5 Å². The van der Waals surface area contributed by atoms with Crippen LogP contribution in [0.5, 0.6) is 0 Å². The first kappa shape index (κ1) is 10.3. The Morgan fingerprint density at radius 3 is 1.73 bits per heavy atom. The van der Waals surface area contributed by atoms with Crippen molar-refractivity contribution >= 4 is 18.2 Å². The molecule has 1 N–H and O–H groups in total. The first-order valence-corrected chi connectivity index (χ1v) is 5.25. The van der Waals surface area contributed by atoms with E-state index in [4.69, 9.17) is 13.0 Å². The average Bonchev–Trinajstić information content (AvgIpc) is 1.88. The topological polar surface area (TPSA) is 93.0 Å². The van der Waals surface area contributed by atoms with Gasteiger partial charge in [0.05, 0.1) is 12.4 Å². The maximum absolute atomic E-state index is 9.15. The molecule has 0 aliphatic carbocycles. The lowest BCUT2D eigenvalue weighted by Crippen LogP contribution is -1.78. The molecule has 1 aromatic heterocycles. The van der Waals surface area contributed by atoms with Crippen molar-refractivity contribution in [3.8, 4) is 0 Å². The van der Waals surface area contributed by atoms with Crippen LogP contribution in [0.15, 0.2) is 18.5 Å². The van der Waals surface area contributed by atoms with E-state index in [0.29, 0.717) is 0 Å².